The molecule has 3 nitrogen and oxygen atoms in total. The third-order valence-electron chi connectivity index (χ3n) is 2.40. The Hall–Kier alpha value is -1.81. The predicted octanol–water partition coefficient (Wildman–Crippen LogP) is 3.05. The molecule has 1 N–H and O–H groups in total. The molecular formula is C13H12O3S. The third kappa shape index (κ3) is 2.85. The third-order valence-corrected chi connectivity index (χ3v) is 3.34. The van der Waals surface area contributed by atoms with Gasteiger partial charge in [0, 0.05) is 4.88 Å². The van der Waals surface area contributed by atoms with Gasteiger partial charge in [-0.1, -0.05) is 12.1 Å². The molecule has 0 radical (unpaired) electrons. The van der Waals surface area contributed by atoms with Crippen molar-refractivity contribution in [1.82, 2.24) is 0 Å². The maximum atomic E-state index is 10.6. The van der Waals surface area contributed by atoms with E-state index in [0.717, 1.165) is 21.8 Å². The van der Waals surface area contributed by atoms with Gasteiger partial charge in [0.25, 0.3) is 0 Å². The van der Waals surface area contributed by atoms with Gasteiger partial charge in [0.2, 0.25) is 0 Å². The number of thiophene rings is 1. The van der Waals surface area contributed by atoms with E-state index in [9.17, 15) is 4.79 Å². The second kappa shape index (κ2) is 5.01. The van der Waals surface area contributed by atoms with Gasteiger partial charge in [-0.15, -0.1) is 11.3 Å². The van der Waals surface area contributed by atoms with Crippen molar-refractivity contribution < 1.29 is 14.6 Å². The summed E-state index contributed by atoms with van der Waals surface area (Å²) in [5.74, 6) is 0.0165. The van der Waals surface area contributed by atoms with Crippen LogP contribution in [0.4, 0.5) is 0 Å². The predicted molar refractivity (Wildman–Crippen MR) is 67.6 cm³/mol. The molecule has 0 fully saturated rings. The first-order valence-electron chi connectivity index (χ1n) is 5.12. The fourth-order valence-corrected chi connectivity index (χ4v) is 2.44. The Kier molecular flexibility index (Phi) is 3.44. The monoisotopic (exact) mass is 248 g/mol. The van der Waals surface area contributed by atoms with E-state index in [-0.39, 0.29) is 6.42 Å². The summed E-state index contributed by atoms with van der Waals surface area (Å²) in [7, 11) is 1.63. The second-order valence-corrected chi connectivity index (χ2v) is 4.60. The summed E-state index contributed by atoms with van der Waals surface area (Å²) in [6.07, 6.45) is 0.0841. The van der Waals surface area contributed by atoms with Crippen molar-refractivity contribution in [2.45, 2.75) is 6.42 Å². The molecule has 0 spiro atoms. The van der Waals surface area contributed by atoms with Crippen molar-refractivity contribution >= 4 is 17.3 Å². The van der Waals surface area contributed by atoms with E-state index in [2.05, 4.69) is 0 Å². The minimum absolute atomic E-state index is 0.0841. The van der Waals surface area contributed by atoms with Crippen LogP contribution >= 0.6 is 11.3 Å². The zero-order chi connectivity index (χ0) is 12.3. The molecule has 0 aliphatic carbocycles. The molecule has 0 saturated carbocycles. The number of rotatable bonds is 4. The molecule has 1 aromatic heterocycles. The van der Waals surface area contributed by atoms with Gasteiger partial charge in [0.1, 0.15) is 5.75 Å². The summed E-state index contributed by atoms with van der Waals surface area (Å²) in [5.41, 5.74) is 2.12. The summed E-state index contributed by atoms with van der Waals surface area (Å²) in [6, 6.07) is 9.63. The number of aliphatic carboxylic acids is 1. The first kappa shape index (κ1) is 11.7. The molecule has 0 bridgehead atoms. The van der Waals surface area contributed by atoms with Crippen LogP contribution in [0.3, 0.4) is 0 Å². The van der Waals surface area contributed by atoms with Crippen LogP contribution in [-0.2, 0) is 11.2 Å². The maximum Gasteiger partial charge on any atom is 0.308 e. The SMILES string of the molecule is COc1ccc(-c2csc(CC(=O)O)c2)cc1. The van der Waals surface area contributed by atoms with Crippen LogP contribution in [-0.4, -0.2) is 18.2 Å². The van der Waals surface area contributed by atoms with E-state index in [1.54, 1.807) is 7.11 Å². The highest BCUT2D eigenvalue weighted by Crippen LogP contribution is 2.27. The van der Waals surface area contributed by atoms with E-state index >= 15 is 0 Å². The molecule has 0 atom stereocenters. The average Bonchev–Trinajstić information content (AvgIpc) is 2.77. The Morgan fingerprint density at radius 3 is 2.59 bits per heavy atom. The highest BCUT2D eigenvalue weighted by molar-refractivity contribution is 7.10. The molecule has 2 rings (SSSR count). The van der Waals surface area contributed by atoms with Crippen molar-refractivity contribution in [3.63, 3.8) is 0 Å². The van der Waals surface area contributed by atoms with Gasteiger partial charge < -0.3 is 9.84 Å². The van der Waals surface area contributed by atoms with Crippen molar-refractivity contribution in [3.8, 4) is 16.9 Å². The molecule has 1 aromatic carbocycles. The van der Waals surface area contributed by atoms with Gasteiger partial charge in [-0.25, -0.2) is 0 Å². The smallest absolute Gasteiger partial charge is 0.308 e. The minimum atomic E-state index is -0.798. The molecule has 0 saturated heterocycles. The van der Waals surface area contributed by atoms with Crippen LogP contribution in [0, 0.1) is 0 Å². The molecule has 0 unspecified atom stereocenters. The van der Waals surface area contributed by atoms with Crippen molar-refractivity contribution in [1.29, 1.82) is 0 Å². The van der Waals surface area contributed by atoms with Crippen LogP contribution in [0.1, 0.15) is 4.88 Å². The van der Waals surface area contributed by atoms with E-state index in [4.69, 9.17) is 9.84 Å². The Balaban J connectivity index is 2.21. The molecule has 88 valence electrons. The van der Waals surface area contributed by atoms with Gasteiger partial charge in [0.05, 0.1) is 13.5 Å². The van der Waals surface area contributed by atoms with E-state index in [1.807, 2.05) is 35.7 Å². The Morgan fingerprint density at radius 2 is 2.00 bits per heavy atom. The number of hydrogen-bond donors (Lipinski definition) is 1. The topological polar surface area (TPSA) is 46.5 Å². The summed E-state index contributed by atoms with van der Waals surface area (Å²) >= 11 is 1.47. The number of carboxylic acid groups (broad SMARTS) is 1. The van der Waals surface area contributed by atoms with Crippen molar-refractivity contribution in [2.75, 3.05) is 7.11 Å². The van der Waals surface area contributed by atoms with Crippen molar-refractivity contribution in [2.24, 2.45) is 0 Å². The van der Waals surface area contributed by atoms with Crippen molar-refractivity contribution in [3.05, 3.63) is 40.6 Å². The first-order valence-corrected chi connectivity index (χ1v) is 6.00. The van der Waals surface area contributed by atoms with Crippen LogP contribution < -0.4 is 4.74 Å². The number of carbonyl (C=O) groups is 1. The molecule has 1 heterocycles. The Bertz CT molecular complexity index is 514. The lowest BCUT2D eigenvalue weighted by Gasteiger charge is -2.00. The lowest BCUT2D eigenvalue weighted by atomic mass is 10.1. The average molecular weight is 248 g/mol. The number of ether oxygens (including phenoxy) is 1. The zero-order valence-corrected chi connectivity index (χ0v) is 10.2. The largest absolute Gasteiger partial charge is 0.497 e. The zero-order valence-electron chi connectivity index (χ0n) is 9.34. The number of methoxy groups -OCH3 is 1. The highest BCUT2D eigenvalue weighted by Gasteiger charge is 2.06. The molecule has 0 aliphatic rings. The normalized spacial score (nSPS) is 10.2. The van der Waals surface area contributed by atoms with Gasteiger partial charge in [-0.2, -0.15) is 0 Å². The summed E-state index contributed by atoms with van der Waals surface area (Å²) in [4.78, 5) is 11.5. The summed E-state index contributed by atoms with van der Waals surface area (Å²) in [5, 5.41) is 10.7. The quantitative estimate of drug-likeness (QED) is 0.904. The van der Waals surface area contributed by atoms with Gasteiger partial charge >= 0.3 is 5.97 Å². The molecule has 0 aliphatic heterocycles. The Morgan fingerprint density at radius 1 is 1.29 bits per heavy atom. The van der Waals surface area contributed by atoms with E-state index < -0.39 is 5.97 Å². The molecular weight excluding hydrogens is 236 g/mol. The molecule has 0 amide bonds. The fourth-order valence-electron chi connectivity index (χ4n) is 1.56. The van der Waals surface area contributed by atoms with E-state index in [0.29, 0.717) is 0 Å². The highest BCUT2D eigenvalue weighted by atomic mass is 32.1. The van der Waals surface area contributed by atoms with Crippen LogP contribution in [0.25, 0.3) is 11.1 Å². The molecule has 4 heteroatoms. The number of benzene rings is 1. The minimum Gasteiger partial charge on any atom is -0.497 e. The second-order valence-electron chi connectivity index (χ2n) is 3.60. The number of hydrogen-bond acceptors (Lipinski definition) is 3. The fraction of sp³-hybridized carbons (Fsp3) is 0.154. The molecule has 2 aromatic rings. The number of carboxylic acids is 1. The summed E-state index contributed by atoms with van der Waals surface area (Å²) < 4.78 is 5.09. The van der Waals surface area contributed by atoms with Gasteiger partial charge in [-0.05, 0) is 34.7 Å². The van der Waals surface area contributed by atoms with Gasteiger partial charge in [-0.3, -0.25) is 4.79 Å². The van der Waals surface area contributed by atoms with Crippen LogP contribution in [0.5, 0.6) is 5.75 Å². The molecule has 17 heavy (non-hydrogen) atoms. The lowest BCUT2D eigenvalue weighted by molar-refractivity contribution is -0.136. The lowest BCUT2D eigenvalue weighted by Crippen LogP contribution is -1.97. The van der Waals surface area contributed by atoms with E-state index in [1.165, 1.54) is 11.3 Å². The first-order chi connectivity index (χ1) is 8.19. The van der Waals surface area contributed by atoms with Gasteiger partial charge in [0.15, 0.2) is 0 Å². The summed E-state index contributed by atoms with van der Waals surface area (Å²) in [6.45, 7) is 0. The maximum absolute atomic E-state index is 10.6. The Labute approximate surface area is 103 Å². The standard InChI is InChI=1S/C13H12O3S/c1-16-11-4-2-9(3-5-11)10-6-12(17-8-10)7-13(14)15/h2-6,8H,7H2,1H3,(H,14,15). The van der Waals surface area contributed by atoms with Crippen LogP contribution in [0.2, 0.25) is 0 Å². The van der Waals surface area contributed by atoms with Crippen LogP contribution in [0.15, 0.2) is 35.7 Å².